The Morgan fingerprint density at radius 2 is 1.76 bits per heavy atom. The molecule has 0 radical (unpaired) electrons. The van der Waals surface area contributed by atoms with Gasteiger partial charge in [-0.25, -0.2) is 4.79 Å². The van der Waals surface area contributed by atoms with E-state index in [4.69, 9.17) is 9.84 Å². The van der Waals surface area contributed by atoms with Crippen LogP contribution in [0.25, 0.3) is 6.08 Å². The molecule has 25 heavy (non-hydrogen) atoms. The van der Waals surface area contributed by atoms with E-state index in [9.17, 15) is 9.59 Å². The van der Waals surface area contributed by atoms with Crippen LogP contribution >= 0.6 is 31.9 Å². The van der Waals surface area contributed by atoms with E-state index >= 15 is 0 Å². The largest absolute Gasteiger partial charge is 0.487 e. The van der Waals surface area contributed by atoms with Gasteiger partial charge in [0, 0.05) is 6.92 Å². The second kappa shape index (κ2) is 8.82. The third-order valence-electron chi connectivity index (χ3n) is 3.10. The molecule has 1 amide bonds. The summed E-state index contributed by atoms with van der Waals surface area (Å²) >= 11 is 6.86. The molecule has 0 atom stereocenters. The zero-order valence-corrected chi connectivity index (χ0v) is 16.4. The maximum absolute atomic E-state index is 11.2. The first-order valence-electron chi connectivity index (χ1n) is 7.25. The molecule has 7 heteroatoms. The van der Waals surface area contributed by atoms with E-state index in [2.05, 4.69) is 37.2 Å². The van der Waals surface area contributed by atoms with Crippen LogP contribution in [-0.2, 0) is 16.2 Å². The Balaban J connectivity index is 2.24. The smallest absolute Gasteiger partial charge is 0.352 e. The Labute approximate surface area is 162 Å². The predicted molar refractivity (Wildman–Crippen MR) is 102 cm³/mol. The molecule has 130 valence electrons. The number of hydrogen-bond acceptors (Lipinski definition) is 3. The van der Waals surface area contributed by atoms with Crippen molar-refractivity contribution in [3.8, 4) is 5.75 Å². The van der Waals surface area contributed by atoms with Crippen LogP contribution < -0.4 is 10.1 Å². The number of nitrogens with one attached hydrogen (secondary N) is 1. The number of carboxylic acids is 1. The summed E-state index contributed by atoms with van der Waals surface area (Å²) in [7, 11) is 0. The Kier molecular flexibility index (Phi) is 6.78. The predicted octanol–water partition coefficient (Wildman–Crippen LogP) is 4.35. The molecule has 2 rings (SSSR count). The van der Waals surface area contributed by atoms with E-state index in [1.807, 2.05) is 30.3 Å². The number of amides is 1. The molecule has 0 fully saturated rings. The van der Waals surface area contributed by atoms with Crippen molar-refractivity contribution in [2.24, 2.45) is 0 Å². The van der Waals surface area contributed by atoms with Crippen molar-refractivity contribution in [3.63, 3.8) is 0 Å². The van der Waals surface area contributed by atoms with Gasteiger partial charge >= 0.3 is 5.97 Å². The van der Waals surface area contributed by atoms with Gasteiger partial charge in [0.2, 0.25) is 5.91 Å². The summed E-state index contributed by atoms with van der Waals surface area (Å²) in [6, 6.07) is 13.2. The molecule has 0 unspecified atom stereocenters. The van der Waals surface area contributed by atoms with Gasteiger partial charge in [0.15, 0.2) is 0 Å². The van der Waals surface area contributed by atoms with Crippen LogP contribution in [0.15, 0.2) is 57.1 Å². The van der Waals surface area contributed by atoms with Crippen molar-refractivity contribution in [2.75, 3.05) is 0 Å². The lowest BCUT2D eigenvalue weighted by molar-refractivity contribution is -0.134. The summed E-state index contributed by atoms with van der Waals surface area (Å²) in [5.74, 6) is -1.06. The second-order valence-electron chi connectivity index (χ2n) is 5.13. The van der Waals surface area contributed by atoms with E-state index in [0.29, 0.717) is 26.9 Å². The van der Waals surface area contributed by atoms with Gasteiger partial charge in [-0.2, -0.15) is 0 Å². The molecule has 2 N–H and O–H groups in total. The molecule has 0 spiro atoms. The molecule has 0 aliphatic heterocycles. The van der Waals surface area contributed by atoms with Crippen LogP contribution in [0.2, 0.25) is 0 Å². The number of halogens is 2. The van der Waals surface area contributed by atoms with Gasteiger partial charge in [0.1, 0.15) is 18.1 Å². The van der Waals surface area contributed by atoms with Crippen molar-refractivity contribution >= 4 is 49.8 Å². The summed E-state index contributed by atoms with van der Waals surface area (Å²) in [6.45, 7) is 1.66. The van der Waals surface area contributed by atoms with Crippen molar-refractivity contribution in [2.45, 2.75) is 13.5 Å². The van der Waals surface area contributed by atoms with Crippen LogP contribution in [0.5, 0.6) is 5.75 Å². The second-order valence-corrected chi connectivity index (χ2v) is 6.84. The average molecular weight is 469 g/mol. The minimum atomic E-state index is -1.22. The average Bonchev–Trinajstić information content (AvgIpc) is 2.54. The molecule has 5 nitrogen and oxygen atoms in total. The number of carbonyl (C=O) groups is 2. The van der Waals surface area contributed by atoms with Gasteiger partial charge in [-0.3, -0.25) is 4.79 Å². The highest BCUT2D eigenvalue weighted by molar-refractivity contribution is 9.11. The quantitative estimate of drug-likeness (QED) is 0.618. The number of carboxylic acid groups (broad SMARTS) is 1. The molecule has 2 aromatic rings. The first kappa shape index (κ1) is 19.2. The zero-order valence-electron chi connectivity index (χ0n) is 13.3. The third-order valence-corrected chi connectivity index (χ3v) is 4.28. The van der Waals surface area contributed by atoms with Gasteiger partial charge in [-0.1, -0.05) is 30.3 Å². The standard InChI is InChI=1S/C18H15Br2NO4/c1-11(22)21-16(18(23)24)9-13-7-14(19)17(15(20)8-13)25-10-12-5-3-2-4-6-12/h2-9H,10H2,1H3,(H,21,22)(H,23,24). The van der Waals surface area contributed by atoms with E-state index in [-0.39, 0.29) is 5.70 Å². The Morgan fingerprint density at radius 1 is 1.16 bits per heavy atom. The van der Waals surface area contributed by atoms with Crippen LogP contribution in [-0.4, -0.2) is 17.0 Å². The van der Waals surface area contributed by atoms with Gasteiger partial charge < -0.3 is 15.2 Å². The number of hydrogen-bond donors (Lipinski definition) is 2. The zero-order chi connectivity index (χ0) is 18.4. The van der Waals surface area contributed by atoms with Crippen LogP contribution in [0, 0.1) is 0 Å². The highest BCUT2D eigenvalue weighted by Crippen LogP contribution is 2.35. The first-order chi connectivity index (χ1) is 11.9. The highest BCUT2D eigenvalue weighted by atomic mass is 79.9. The Morgan fingerprint density at radius 3 is 2.28 bits per heavy atom. The SMILES string of the molecule is CC(=O)NC(=Cc1cc(Br)c(OCc2ccccc2)c(Br)c1)C(=O)O. The molecule has 0 saturated heterocycles. The maximum atomic E-state index is 11.2. The molecule has 0 aliphatic rings. The molecular formula is C18H15Br2NO4. The first-order valence-corrected chi connectivity index (χ1v) is 8.83. The number of aliphatic carboxylic acids is 1. The van der Waals surface area contributed by atoms with Crippen LogP contribution in [0.1, 0.15) is 18.1 Å². The fourth-order valence-electron chi connectivity index (χ4n) is 2.04. The van der Waals surface area contributed by atoms with Crippen molar-refractivity contribution in [1.82, 2.24) is 5.32 Å². The summed E-state index contributed by atoms with van der Waals surface area (Å²) in [5.41, 5.74) is 1.42. The highest BCUT2D eigenvalue weighted by Gasteiger charge is 2.12. The monoisotopic (exact) mass is 467 g/mol. The number of rotatable bonds is 6. The van der Waals surface area contributed by atoms with E-state index in [1.165, 1.54) is 13.0 Å². The van der Waals surface area contributed by atoms with Gasteiger partial charge in [-0.15, -0.1) is 0 Å². The van der Waals surface area contributed by atoms with Crippen molar-refractivity contribution in [1.29, 1.82) is 0 Å². The van der Waals surface area contributed by atoms with E-state index in [0.717, 1.165) is 5.56 Å². The molecule has 0 bridgehead atoms. The summed E-state index contributed by atoms with van der Waals surface area (Å²) in [4.78, 5) is 22.3. The maximum Gasteiger partial charge on any atom is 0.352 e. The van der Waals surface area contributed by atoms with Crippen molar-refractivity contribution in [3.05, 3.63) is 68.2 Å². The van der Waals surface area contributed by atoms with Crippen LogP contribution in [0.3, 0.4) is 0 Å². The number of ether oxygens (including phenoxy) is 1. The molecule has 0 aliphatic carbocycles. The van der Waals surface area contributed by atoms with E-state index in [1.54, 1.807) is 12.1 Å². The van der Waals surface area contributed by atoms with E-state index < -0.39 is 11.9 Å². The van der Waals surface area contributed by atoms with Crippen molar-refractivity contribution < 1.29 is 19.4 Å². The molecule has 2 aromatic carbocycles. The topological polar surface area (TPSA) is 75.6 Å². The fraction of sp³-hybridized carbons (Fsp3) is 0.111. The Hall–Kier alpha value is -2.12. The normalized spacial score (nSPS) is 11.1. The number of carbonyl (C=O) groups excluding carboxylic acids is 1. The van der Waals surface area contributed by atoms with Gasteiger partial charge in [0.05, 0.1) is 8.95 Å². The summed E-state index contributed by atoms with van der Waals surface area (Å²) in [6.07, 6.45) is 1.38. The van der Waals surface area contributed by atoms with Crippen LogP contribution in [0.4, 0.5) is 0 Å². The lowest BCUT2D eigenvalue weighted by Crippen LogP contribution is -2.24. The Bertz CT molecular complexity index is 796. The minimum absolute atomic E-state index is 0.204. The lowest BCUT2D eigenvalue weighted by Gasteiger charge is -2.12. The van der Waals surface area contributed by atoms with Gasteiger partial charge in [0.25, 0.3) is 0 Å². The molecule has 0 aromatic heterocycles. The minimum Gasteiger partial charge on any atom is -0.487 e. The third kappa shape index (κ3) is 5.72. The molecule has 0 heterocycles. The van der Waals surface area contributed by atoms with Gasteiger partial charge in [-0.05, 0) is 61.2 Å². The summed E-state index contributed by atoms with van der Waals surface area (Å²) < 4.78 is 7.15. The molecular weight excluding hydrogens is 454 g/mol. The lowest BCUT2D eigenvalue weighted by atomic mass is 10.2. The number of benzene rings is 2. The molecule has 0 saturated carbocycles. The fourth-order valence-corrected chi connectivity index (χ4v) is 3.49. The summed E-state index contributed by atoms with van der Waals surface area (Å²) in [5, 5.41) is 11.4.